The number of nitrogens with one attached hydrogen (secondary N) is 1. The summed E-state index contributed by atoms with van der Waals surface area (Å²) < 4.78 is 35.1. The Hall–Kier alpha value is -5.10. The number of carboxylic acid groups (broad SMARTS) is 1. The van der Waals surface area contributed by atoms with Crippen LogP contribution in [0, 0.1) is 24.7 Å². The maximum Gasteiger partial charge on any atom is 0.308 e. The highest BCUT2D eigenvalue weighted by molar-refractivity contribution is 7.90. The fourth-order valence-electron chi connectivity index (χ4n) is 7.18. The molecule has 3 aliphatic carbocycles. The lowest BCUT2D eigenvalue weighted by Gasteiger charge is -2.47. The van der Waals surface area contributed by atoms with Crippen LogP contribution in [0.3, 0.4) is 0 Å². The van der Waals surface area contributed by atoms with Crippen LogP contribution < -0.4 is 5.32 Å². The van der Waals surface area contributed by atoms with Crippen LogP contribution in [0.15, 0.2) is 88.7 Å². The fraction of sp³-hybridized carbons (Fsp3) is 0.265. The van der Waals surface area contributed by atoms with E-state index in [4.69, 9.17) is 14.4 Å². The number of para-hydroxylation sites is 1. The number of hydrogen-bond donors (Lipinski definition) is 2. The molecule has 12 heteroatoms. The first-order valence-electron chi connectivity index (χ1n) is 15.3. The molecule has 11 nitrogen and oxygen atoms in total. The van der Waals surface area contributed by atoms with E-state index < -0.39 is 21.9 Å². The number of hydrogen-bond acceptors (Lipinski definition) is 9. The van der Waals surface area contributed by atoms with E-state index in [9.17, 15) is 18.3 Å². The van der Waals surface area contributed by atoms with Gasteiger partial charge in [0.15, 0.2) is 17.2 Å². The highest BCUT2D eigenvalue weighted by atomic mass is 32.2. The molecule has 0 amide bonds. The van der Waals surface area contributed by atoms with Crippen molar-refractivity contribution >= 4 is 43.8 Å². The van der Waals surface area contributed by atoms with E-state index in [0.29, 0.717) is 33.8 Å². The minimum Gasteiger partial charge on any atom is -0.481 e. The summed E-state index contributed by atoms with van der Waals surface area (Å²) >= 11 is 0. The van der Waals surface area contributed by atoms with Gasteiger partial charge in [0.25, 0.3) is 10.0 Å². The number of benzene rings is 2. The summed E-state index contributed by atoms with van der Waals surface area (Å²) in [6.07, 6.45) is 8.06. The third-order valence-corrected chi connectivity index (χ3v) is 11.1. The molecule has 2 N–H and O–H groups in total. The van der Waals surface area contributed by atoms with E-state index in [0.717, 1.165) is 40.6 Å². The topological polar surface area (TPSA) is 153 Å². The molecule has 9 rings (SSSR count). The minimum absolute atomic E-state index is 0.109. The number of aromatic nitrogens is 5. The van der Waals surface area contributed by atoms with Crippen molar-refractivity contribution in [1.29, 1.82) is 0 Å². The number of aryl methyl sites for hydroxylation is 1. The first-order chi connectivity index (χ1) is 22.3. The second kappa shape index (κ2) is 10.8. The normalized spacial score (nSPS) is 21.2. The van der Waals surface area contributed by atoms with Crippen LogP contribution in [0.4, 0.5) is 5.82 Å². The van der Waals surface area contributed by atoms with Gasteiger partial charge in [-0.05, 0) is 68.7 Å². The zero-order chi connectivity index (χ0) is 31.6. The van der Waals surface area contributed by atoms with Crippen LogP contribution in [0.5, 0.6) is 0 Å². The van der Waals surface area contributed by atoms with Crippen molar-refractivity contribution in [3.63, 3.8) is 0 Å². The second-order valence-electron chi connectivity index (χ2n) is 12.2. The fourth-order valence-corrected chi connectivity index (χ4v) is 8.51. The Morgan fingerprint density at radius 2 is 1.76 bits per heavy atom. The van der Waals surface area contributed by atoms with Crippen molar-refractivity contribution in [3.05, 3.63) is 84.9 Å². The first kappa shape index (κ1) is 28.4. The standard InChI is InChI=1S/C34H30N6O5S/c1-19-6-12-23(13-7-19)46(43,44)40-17-25(24-16-35-18-36-33(24)40)32-37-26(28-14-22-4-2-3-5-27(22)45-28)15-29(39-32)38-31-21-10-8-20(9-11-21)30(31)34(41)42/h2-7,12-18,20-21,30-31H,8-11H2,1H3,(H,41,42)(H,37,38,39). The summed E-state index contributed by atoms with van der Waals surface area (Å²) in [5.74, 6) is 0.137. The Morgan fingerprint density at radius 3 is 2.52 bits per heavy atom. The van der Waals surface area contributed by atoms with Crippen molar-refractivity contribution in [3.8, 4) is 22.8 Å². The quantitative estimate of drug-likeness (QED) is 0.209. The van der Waals surface area contributed by atoms with Crippen LogP contribution in [0.1, 0.15) is 31.2 Å². The first-order valence-corrected chi connectivity index (χ1v) is 16.7. The molecule has 232 valence electrons. The van der Waals surface area contributed by atoms with Gasteiger partial charge in [0, 0.05) is 40.8 Å². The number of carbonyl (C=O) groups is 1. The predicted octanol–water partition coefficient (Wildman–Crippen LogP) is 6.15. The van der Waals surface area contributed by atoms with Gasteiger partial charge >= 0.3 is 5.97 Å². The van der Waals surface area contributed by atoms with Crippen LogP contribution in [-0.4, -0.2) is 49.4 Å². The zero-order valence-electron chi connectivity index (χ0n) is 24.9. The largest absolute Gasteiger partial charge is 0.481 e. The molecule has 2 atom stereocenters. The van der Waals surface area contributed by atoms with Gasteiger partial charge in [-0.25, -0.2) is 32.3 Å². The molecule has 2 unspecified atom stereocenters. The number of anilines is 1. The van der Waals surface area contributed by atoms with Crippen molar-refractivity contribution < 1.29 is 22.7 Å². The van der Waals surface area contributed by atoms with Crippen LogP contribution in [0.2, 0.25) is 0 Å². The highest BCUT2D eigenvalue weighted by Gasteiger charge is 2.47. The Bertz CT molecular complexity index is 2200. The van der Waals surface area contributed by atoms with Gasteiger partial charge < -0.3 is 14.8 Å². The van der Waals surface area contributed by atoms with E-state index in [-0.39, 0.29) is 34.2 Å². The van der Waals surface area contributed by atoms with Crippen LogP contribution in [0.25, 0.3) is 44.8 Å². The van der Waals surface area contributed by atoms with Gasteiger partial charge in [0.05, 0.1) is 10.8 Å². The lowest BCUT2D eigenvalue weighted by molar-refractivity contribution is -0.148. The molecule has 3 saturated carbocycles. The summed E-state index contributed by atoms with van der Waals surface area (Å²) in [6, 6.07) is 17.6. The third-order valence-electron chi connectivity index (χ3n) is 9.48. The predicted molar refractivity (Wildman–Crippen MR) is 172 cm³/mol. The average Bonchev–Trinajstić information content (AvgIpc) is 3.68. The van der Waals surface area contributed by atoms with E-state index in [2.05, 4.69) is 15.3 Å². The van der Waals surface area contributed by atoms with E-state index in [1.165, 1.54) is 12.5 Å². The highest BCUT2D eigenvalue weighted by Crippen LogP contribution is 2.46. The van der Waals surface area contributed by atoms with E-state index in [1.54, 1.807) is 36.5 Å². The monoisotopic (exact) mass is 634 g/mol. The zero-order valence-corrected chi connectivity index (χ0v) is 25.7. The molecule has 0 saturated heterocycles. The van der Waals surface area contributed by atoms with Gasteiger partial charge in [0.2, 0.25) is 0 Å². The molecule has 46 heavy (non-hydrogen) atoms. The molecule has 2 bridgehead atoms. The Balaban J connectivity index is 1.30. The van der Waals surface area contributed by atoms with Gasteiger partial charge in [-0.1, -0.05) is 35.9 Å². The minimum atomic E-state index is -4.03. The number of rotatable bonds is 7. The lowest BCUT2D eigenvalue weighted by atomic mass is 9.61. The Kier molecular flexibility index (Phi) is 6.64. The summed E-state index contributed by atoms with van der Waals surface area (Å²) in [4.78, 5) is 30.8. The number of aliphatic carboxylic acids is 1. The van der Waals surface area contributed by atoms with Gasteiger partial charge in [-0.3, -0.25) is 4.79 Å². The molecule has 4 aromatic heterocycles. The van der Waals surface area contributed by atoms with E-state index in [1.807, 2.05) is 37.3 Å². The molecule has 2 aromatic carbocycles. The maximum absolute atomic E-state index is 13.9. The molecule has 0 spiro atoms. The molecule has 3 aliphatic rings. The molecule has 6 aromatic rings. The third kappa shape index (κ3) is 4.71. The number of furan rings is 1. The van der Waals surface area contributed by atoms with E-state index >= 15 is 0 Å². The molecule has 4 heterocycles. The van der Waals surface area contributed by atoms with Crippen molar-refractivity contribution in [1.82, 2.24) is 23.9 Å². The van der Waals surface area contributed by atoms with Crippen molar-refractivity contribution in [2.24, 2.45) is 17.8 Å². The van der Waals surface area contributed by atoms with Crippen LogP contribution >= 0.6 is 0 Å². The molecule has 3 fully saturated rings. The SMILES string of the molecule is Cc1ccc(S(=O)(=O)n2cc(-c3nc(NC4C5CCC(CC5)C4C(=O)O)cc(-c4cc5ccccc5o4)n3)c3cncnc32)cc1. The molecule has 0 aliphatic heterocycles. The van der Waals surface area contributed by atoms with Gasteiger partial charge in [-0.15, -0.1) is 0 Å². The second-order valence-corrected chi connectivity index (χ2v) is 14.1. The number of nitrogens with zero attached hydrogens (tertiary/aromatic N) is 5. The summed E-state index contributed by atoms with van der Waals surface area (Å²) in [7, 11) is -4.03. The summed E-state index contributed by atoms with van der Waals surface area (Å²) in [6.45, 7) is 1.89. The maximum atomic E-state index is 13.9. The lowest BCUT2D eigenvalue weighted by Crippen LogP contribution is -2.51. The molecule has 0 radical (unpaired) electrons. The number of carboxylic acids is 1. The van der Waals surface area contributed by atoms with Crippen LogP contribution in [-0.2, 0) is 14.8 Å². The Labute approximate surface area is 264 Å². The summed E-state index contributed by atoms with van der Waals surface area (Å²) in [5.41, 5.74) is 2.69. The van der Waals surface area contributed by atoms with Crippen molar-refractivity contribution in [2.45, 2.75) is 43.5 Å². The molecular formula is C34H30N6O5S. The smallest absolute Gasteiger partial charge is 0.308 e. The average molecular weight is 635 g/mol. The van der Waals surface area contributed by atoms with Gasteiger partial charge in [0.1, 0.15) is 23.4 Å². The van der Waals surface area contributed by atoms with Gasteiger partial charge in [-0.2, -0.15) is 0 Å². The Morgan fingerprint density at radius 1 is 1.00 bits per heavy atom. The van der Waals surface area contributed by atoms with Crippen molar-refractivity contribution in [2.75, 3.05) is 5.32 Å². The molecular weight excluding hydrogens is 604 g/mol. The summed E-state index contributed by atoms with van der Waals surface area (Å²) in [5, 5.41) is 15.0. The number of fused-ring (bicyclic) bond motifs is 5.